The van der Waals surface area contributed by atoms with Crippen molar-refractivity contribution >= 4 is 46.6 Å². The second-order valence-corrected chi connectivity index (χ2v) is 12.5. The first kappa shape index (κ1) is 29.9. The smallest absolute Gasteiger partial charge is 0.414 e. The summed E-state index contributed by atoms with van der Waals surface area (Å²) in [6, 6.07) is 8.88. The summed E-state index contributed by atoms with van der Waals surface area (Å²) >= 11 is 1.22. The van der Waals surface area contributed by atoms with Crippen molar-refractivity contribution in [3.05, 3.63) is 47.0 Å². The monoisotopic (exact) mass is 583 g/mol. The number of nitrogens with one attached hydrogen (secondary N) is 1. The number of anilines is 3. The number of amides is 3. The van der Waals surface area contributed by atoms with E-state index in [4.69, 9.17) is 13.9 Å². The maximum Gasteiger partial charge on any atom is 0.414 e. The molecule has 3 heterocycles. The average molecular weight is 584 g/mol. The first-order valence-electron chi connectivity index (χ1n) is 13.3. The summed E-state index contributed by atoms with van der Waals surface area (Å²) in [4.78, 5) is 48.2. The first-order valence-corrected chi connectivity index (χ1v) is 14.2. The Morgan fingerprint density at radius 3 is 2.29 bits per heavy atom. The Labute approximate surface area is 244 Å². The summed E-state index contributed by atoms with van der Waals surface area (Å²) in [5.41, 5.74) is 0.357. The maximum atomic E-state index is 13.3. The van der Waals surface area contributed by atoms with Crippen LogP contribution in [-0.2, 0) is 9.47 Å². The van der Waals surface area contributed by atoms with Crippen molar-refractivity contribution in [2.24, 2.45) is 0 Å². The van der Waals surface area contributed by atoms with E-state index in [0.29, 0.717) is 49.1 Å². The normalized spacial score (nSPS) is 14.0. The second kappa shape index (κ2) is 11.8. The van der Waals surface area contributed by atoms with Gasteiger partial charge in [-0.3, -0.25) is 9.69 Å². The van der Waals surface area contributed by atoms with Gasteiger partial charge in [-0.2, -0.15) is 0 Å². The molecule has 12 heteroatoms. The molecule has 220 valence electrons. The van der Waals surface area contributed by atoms with Gasteiger partial charge in [0.15, 0.2) is 5.01 Å². The Morgan fingerprint density at radius 2 is 1.68 bits per heavy atom. The number of carbonyl (C=O) groups is 3. The lowest BCUT2D eigenvalue weighted by Crippen LogP contribution is -2.50. The Hall–Kier alpha value is -4.06. The van der Waals surface area contributed by atoms with Crippen LogP contribution in [0.4, 0.5) is 26.8 Å². The topological polar surface area (TPSA) is 117 Å². The molecule has 0 bridgehead atoms. The van der Waals surface area contributed by atoms with Gasteiger partial charge in [-0.05, 0) is 71.9 Å². The quantitative estimate of drug-likeness (QED) is 0.384. The number of nitrogens with zero attached hydrogens (tertiary/aromatic N) is 4. The number of benzene rings is 1. The standard InChI is InChI=1S/C29H37N5O6S/c1-28(2,3)39-26(36)32(7)21-11-10-19(22-9-8-16-38-22)17-20(21)30-24(35)25-31-23(18-41-25)33-12-14-34(15-13-33)27(37)40-29(4,5)6/h8-11,16-18H,12-15H2,1-7H3,(H,30,35). The molecule has 1 N–H and O–H groups in total. The van der Waals surface area contributed by atoms with Crippen LogP contribution in [-0.4, -0.2) is 72.4 Å². The van der Waals surface area contributed by atoms with Crippen molar-refractivity contribution in [2.75, 3.05) is 48.3 Å². The summed E-state index contributed by atoms with van der Waals surface area (Å²) in [6.45, 7) is 13.0. The summed E-state index contributed by atoms with van der Waals surface area (Å²) in [5, 5.41) is 5.01. The maximum absolute atomic E-state index is 13.3. The molecule has 1 saturated heterocycles. The third kappa shape index (κ3) is 7.78. The fourth-order valence-corrected chi connectivity index (χ4v) is 4.81. The summed E-state index contributed by atoms with van der Waals surface area (Å²) in [6.07, 6.45) is 0.680. The van der Waals surface area contributed by atoms with Gasteiger partial charge in [0.25, 0.3) is 5.91 Å². The summed E-state index contributed by atoms with van der Waals surface area (Å²) in [7, 11) is 1.59. The highest BCUT2D eigenvalue weighted by molar-refractivity contribution is 7.12. The van der Waals surface area contributed by atoms with Gasteiger partial charge in [0, 0.05) is 44.2 Å². The average Bonchev–Trinajstić information content (AvgIpc) is 3.59. The van der Waals surface area contributed by atoms with E-state index in [1.807, 2.05) is 43.2 Å². The van der Waals surface area contributed by atoms with E-state index in [0.717, 1.165) is 5.56 Å². The molecule has 1 aliphatic rings. The lowest BCUT2D eigenvalue weighted by Gasteiger charge is -2.35. The number of carbonyl (C=O) groups excluding carboxylic acids is 3. The molecule has 41 heavy (non-hydrogen) atoms. The Morgan fingerprint density at radius 1 is 1.00 bits per heavy atom. The lowest BCUT2D eigenvalue weighted by atomic mass is 10.1. The van der Waals surface area contributed by atoms with Crippen LogP contribution in [0.25, 0.3) is 11.3 Å². The van der Waals surface area contributed by atoms with Crippen molar-refractivity contribution in [1.82, 2.24) is 9.88 Å². The van der Waals surface area contributed by atoms with E-state index < -0.39 is 23.2 Å². The molecule has 0 unspecified atom stereocenters. The predicted molar refractivity (Wildman–Crippen MR) is 159 cm³/mol. The lowest BCUT2D eigenvalue weighted by molar-refractivity contribution is 0.0240. The number of hydrogen-bond acceptors (Lipinski definition) is 9. The van der Waals surface area contributed by atoms with E-state index >= 15 is 0 Å². The molecule has 0 aliphatic carbocycles. The second-order valence-electron chi connectivity index (χ2n) is 11.7. The minimum atomic E-state index is -0.682. The highest BCUT2D eigenvalue weighted by Crippen LogP contribution is 2.33. The van der Waals surface area contributed by atoms with E-state index in [-0.39, 0.29) is 11.1 Å². The van der Waals surface area contributed by atoms with Gasteiger partial charge < -0.3 is 29.0 Å². The van der Waals surface area contributed by atoms with Crippen molar-refractivity contribution in [3.8, 4) is 11.3 Å². The van der Waals surface area contributed by atoms with Crippen LogP contribution in [0, 0.1) is 0 Å². The molecule has 3 aromatic rings. The van der Waals surface area contributed by atoms with E-state index in [1.165, 1.54) is 16.2 Å². The van der Waals surface area contributed by atoms with Crippen LogP contribution in [0.1, 0.15) is 51.3 Å². The van der Waals surface area contributed by atoms with Crippen molar-refractivity contribution < 1.29 is 28.3 Å². The first-order chi connectivity index (χ1) is 19.2. The van der Waals surface area contributed by atoms with E-state index in [1.54, 1.807) is 57.2 Å². The molecule has 2 aromatic heterocycles. The molecule has 3 amide bonds. The van der Waals surface area contributed by atoms with Crippen LogP contribution in [0.15, 0.2) is 46.4 Å². The highest BCUT2D eigenvalue weighted by atomic mass is 32.1. The minimum absolute atomic E-state index is 0.267. The third-order valence-corrected chi connectivity index (χ3v) is 6.85. The van der Waals surface area contributed by atoms with Gasteiger partial charge >= 0.3 is 12.2 Å². The molecule has 1 fully saturated rings. The third-order valence-electron chi connectivity index (χ3n) is 6.02. The molecule has 0 atom stereocenters. The van der Waals surface area contributed by atoms with Crippen LogP contribution in [0.5, 0.6) is 0 Å². The number of rotatable bonds is 5. The molecule has 1 aliphatic heterocycles. The SMILES string of the molecule is CN(C(=O)OC(C)(C)C)c1ccc(-c2ccco2)cc1NC(=O)c1nc(N2CCN(C(=O)OC(C)(C)C)CC2)cs1. The largest absolute Gasteiger partial charge is 0.464 e. The van der Waals surface area contributed by atoms with Gasteiger partial charge in [-0.1, -0.05) is 0 Å². The number of piperazine rings is 1. The number of furan rings is 1. The van der Waals surface area contributed by atoms with Crippen molar-refractivity contribution in [2.45, 2.75) is 52.7 Å². The van der Waals surface area contributed by atoms with Crippen molar-refractivity contribution in [3.63, 3.8) is 0 Å². The number of aromatic nitrogens is 1. The van der Waals surface area contributed by atoms with Gasteiger partial charge in [0.2, 0.25) is 0 Å². The molecule has 0 radical (unpaired) electrons. The Bertz CT molecular complexity index is 1380. The van der Waals surface area contributed by atoms with Gasteiger partial charge in [-0.15, -0.1) is 11.3 Å². The number of hydrogen-bond donors (Lipinski definition) is 1. The van der Waals surface area contributed by atoms with E-state index in [2.05, 4.69) is 10.3 Å². The fourth-order valence-electron chi connectivity index (χ4n) is 4.09. The summed E-state index contributed by atoms with van der Waals surface area (Å²) < 4.78 is 16.5. The number of thiazole rings is 1. The molecule has 0 spiro atoms. The molecule has 1 aromatic carbocycles. The van der Waals surface area contributed by atoms with Gasteiger partial charge in [0.1, 0.15) is 22.8 Å². The van der Waals surface area contributed by atoms with Crippen LogP contribution in [0.2, 0.25) is 0 Å². The minimum Gasteiger partial charge on any atom is -0.464 e. The fraction of sp³-hybridized carbons (Fsp3) is 0.448. The van der Waals surface area contributed by atoms with Gasteiger partial charge in [0.05, 0.1) is 17.6 Å². The van der Waals surface area contributed by atoms with Crippen LogP contribution >= 0.6 is 11.3 Å². The van der Waals surface area contributed by atoms with Crippen molar-refractivity contribution in [1.29, 1.82) is 0 Å². The zero-order valence-corrected chi connectivity index (χ0v) is 25.3. The Balaban J connectivity index is 1.49. The van der Waals surface area contributed by atoms with Gasteiger partial charge in [-0.25, -0.2) is 14.6 Å². The number of ether oxygens (including phenoxy) is 2. The van der Waals surface area contributed by atoms with E-state index in [9.17, 15) is 14.4 Å². The zero-order valence-electron chi connectivity index (χ0n) is 24.5. The highest BCUT2D eigenvalue weighted by Gasteiger charge is 2.28. The van der Waals surface area contributed by atoms with Crippen LogP contribution in [0.3, 0.4) is 0 Å². The molecular formula is C29H37N5O6S. The molecule has 11 nitrogen and oxygen atoms in total. The molecule has 4 rings (SSSR count). The molecular weight excluding hydrogens is 546 g/mol. The summed E-state index contributed by atoms with van der Waals surface area (Å²) in [5.74, 6) is 0.873. The molecule has 0 saturated carbocycles. The Kier molecular flexibility index (Phi) is 8.62. The predicted octanol–water partition coefficient (Wildman–Crippen LogP) is 6.08. The zero-order chi connectivity index (χ0) is 29.9. The van der Waals surface area contributed by atoms with Crippen LogP contribution < -0.4 is 15.1 Å².